The van der Waals surface area contributed by atoms with E-state index in [1.807, 2.05) is 34.6 Å². The number of piperazine rings is 1. The summed E-state index contributed by atoms with van der Waals surface area (Å²) in [5.41, 5.74) is -1.01. The van der Waals surface area contributed by atoms with Gasteiger partial charge in [-0.25, -0.2) is 0 Å². The first kappa shape index (κ1) is 29.0. The van der Waals surface area contributed by atoms with Crippen LogP contribution in [0.2, 0.25) is 0 Å². The fourth-order valence-electron chi connectivity index (χ4n) is 3.74. The normalized spacial score (nSPS) is 19.9. The third-order valence-electron chi connectivity index (χ3n) is 5.78. The average molecular weight is 479 g/mol. The summed E-state index contributed by atoms with van der Waals surface area (Å²) < 4.78 is 25.4. The van der Waals surface area contributed by atoms with E-state index in [1.165, 1.54) is 11.4 Å². The SMILES string of the molecule is CCC(C(C)C)P(=O)(OC(C)(C)C)SCCOC(=O)C(C)(C)CCN1CCN(C)CC1. The zero-order valence-corrected chi connectivity index (χ0v) is 23.1. The van der Waals surface area contributed by atoms with Crippen LogP contribution in [0.4, 0.5) is 0 Å². The summed E-state index contributed by atoms with van der Waals surface area (Å²) in [6.45, 7) is 18.5. The lowest BCUT2D eigenvalue weighted by atomic mass is 9.89. The summed E-state index contributed by atoms with van der Waals surface area (Å²) in [7, 11) is 2.14. The predicted molar refractivity (Wildman–Crippen MR) is 133 cm³/mol. The number of rotatable bonds is 12. The van der Waals surface area contributed by atoms with Crippen molar-refractivity contribution in [3.8, 4) is 0 Å². The molecule has 8 heteroatoms. The summed E-state index contributed by atoms with van der Waals surface area (Å²) in [5, 5.41) is 0. The van der Waals surface area contributed by atoms with Crippen LogP contribution in [0.25, 0.3) is 0 Å². The molecule has 2 atom stereocenters. The van der Waals surface area contributed by atoms with E-state index >= 15 is 0 Å². The molecule has 0 aromatic heterocycles. The predicted octanol–water partition coefficient (Wildman–Crippen LogP) is 5.37. The minimum Gasteiger partial charge on any atom is -0.464 e. The second-order valence-corrected chi connectivity index (χ2v) is 15.6. The maximum absolute atomic E-state index is 13.7. The van der Waals surface area contributed by atoms with Gasteiger partial charge in [0.15, 0.2) is 0 Å². The minimum absolute atomic E-state index is 0.00699. The molecule has 0 radical (unpaired) electrons. The Kier molecular flexibility index (Phi) is 11.6. The van der Waals surface area contributed by atoms with Crippen LogP contribution in [-0.4, -0.2) is 79.2 Å². The van der Waals surface area contributed by atoms with E-state index in [2.05, 4.69) is 37.6 Å². The Labute approximate surface area is 195 Å². The van der Waals surface area contributed by atoms with Crippen LogP contribution in [0.5, 0.6) is 0 Å². The molecule has 1 saturated heterocycles. The number of hydrogen-bond acceptors (Lipinski definition) is 7. The van der Waals surface area contributed by atoms with Gasteiger partial charge in [0.1, 0.15) is 6.61 Å². The quantitative estimate of drug-likeness (QED) is 0.212. The van der Waals surface area contributed by atoms with Crippen molar-refractivity contribution >= 4 is 23.9 Å². The summed E-state index contributed by atoms with van der Waals surface area (Å²) in [6, 6.07) is 0. The zero-order valence-electron chi connectivity index (χ0n) is 21.4. The standard InChI is InChI=1S/C23H47N2O4PS/c1-10-20(19(2)3)30(27,29-22(4,5)6)31-18-17-28-21(26)23(7,8)11-12-25-15-13-24(9)14-16-25/h19-20H,10-18H2,1-9H3. The molecule has 2 unspecified atom stereocenters. The molecule has 1 aliphatic heterocycles. The van der Waals surface area contributed by atoms with Gasteiger partial charge in [0.25, 0.3) is 6.57 Å². The molecule has 0 saturated carbocycles. The fourth-order valence-corrected chi connectivity index (χ4v) is 10.0. The van der Waals surface area contributed by atoms with Gasteiger partial charge in [0.2, 0.25) is 0 Å². The van der Waals surface area contributed by atoms with Gasteiger partial charge < -0.3 is 19.1 Å². The molecule has 31 heavy (non-hydrogen) atoms. The Morgan fingerprint density at radius 1 is 1.10 bits per heavy atom. The van der Waals surface area contributed by atoms with Gasteiger partial charge >= 0.3 is 5.97 Å². The molecule has 0 aliphatic carbocycles. The highest BCUT2D eigenvalue weighted by molar-refractivity contribution is 8.56. The van der Waals surface area contributed by atoms with Gasteiger partial charge in [0.05, 0.1) is 11.0 Å². The lowest BCUT2D eigenvalue weighted by molar-refractivity contribution is -0.153. The van der Waals surface area contributed by atoms with Gasteiger partial charge in [-0.05, 0) is 67.0 Å². The smallest absolute Gasteiger partial charge is 0.311 e. The van der Waals surface area contributed by atoms with Crippen LogP contribution in [0.1, 0.15) is 68.2 Å². The van der Waals surface area contributed by atoms with Crippen molar-refractivity contribution in [2.75, 3.05) is 52.1 Å². The first-order valence-corrected chi connectivity index (χ1v) is 15.0. The molecule has 1 rings (SSSR count). The van der Waals surface area contributed by atoms with Gasteiger partial charge in [0, 0.05) is 37.6 Å². The van der Waals surface area contributed by atoms with Gasteiger partial charge in [-0.1, -0.05) is 32.2 Å². The topological polar surface area (TPSA) is 59.1 Å². The Bertz CT molecular complexity index is 599. The number of carbonyl (C=O) groups excluding carboxylic acids is 1. The minimum atomic E-state index is -2.93. The van der Waals surface area contributed by atoms with E-state index in [9.17, 15) is 9.36 Å². The highest BCUT2D eigenvalue weighted by Gasteiger charge is 2.39. The molecular weight excluding hydrogens is 431 g/mol. The largest absolute Gasteiger partial charge is 0.464 e. The molecule has 1 fully saturated rings. The summed E-state index contributed by atoms with van der Waals surface area (Å²) >= 11 is 1.34. The van der Waals surface area contributed by atoms with Crippen molar-refractivity contribution in [3.05, 3.63) is 0 Å². The first-order valence-electron chi connectivity index (χ1n) is 11.7. The van der Waals surface area contributed by atoms with Crippen molar-refractivity contribution in [3.63, 3.8) is 0 Å². The van der Waals surface area contributed by atoms with Crippen LogP contribution in [0.3, 0.4) is 0 Å². The number of likely N-dealkylation sites (N-methyl/N-ethyl adjacent to an activating group) is 1. The maximum Gasteiger partial charge on any atom is 0.311 e. The molecule has 0 aromatic rings. The summed E-state index contributed by atoms with van der Waals surface area (Å²) in [5.74, 6) is 0.572. The van der Waals surface area contributed by atoms with Crippen molar-refractivity contribution < 1.29 is 18.6 Å². The number of nitrogens with zero attached hydrogens (tertiary/aromatic N) is 2. The second kappa shape index (κ2) is 12.4. The molecule has 184 valence electrons. The Morgan fingerprint density at radius 3 is 2.16 bits per heavy atom. The van der Waals surface area contributed by atoms with Crippen molar-refractivity contribution in [1.82, 2.24) is 9.80 Å². The van der Waals surface area contributed by atoms with Crippen LogP contribution >= 0.6 is 18.0 Å². The monoisotopic (exact) mass is 478 g/mol. The maximum atomic E-state index is 13.7. The lowest BCUT2D eigenvalue weighted by Gasteiger charge is -2.34. The highest BCUT2D eigenvalue weighted by Crippen LogP contribution is 2.67. The Hall–Kier alpha value is -0.0700. The highest BCUT2D eigenvalue weighted by atomic mass is 32.7. The van der Waals surface area contributed by atoms with E-state index in [0.717, 1.165) is 45.6 Å². The van der Waals surface area contributed by atoms with Crippen LogP contribution in [0.15, 0.2) is 0 Å². The van der Waals surface area contributed by atoms with Gasteiger partial charge in [-0.2, -0.15) is 0 Å². The third-order valence-corrected chi connectivity index (χ3v) is 11.7. The molecule has 0 N–H and O–H groups in total. The third kappa shape index (κ3) is 10.2. The summed E-state index contributed by atoms with van der Waals surface area (Å²) in [6.07, 6.45) is 1.58. The zero-order chi connectivity index (χ0) is 23.9. The Morgan fingerprint density at radius 2 is 1.68 bits per heavy atom. The summed E-state index contributed by atoms with van der Waals surface area (Å²) in [4.78, 5) is 17.4. The number of carbonyl (C=O) groups is 1. The molecule has 0 aromatic carbocycles. The van der Waals surface area contributed by atoms with Crippen LogP contribution in [0, 0.1) is 11.3 Å². The molecular formula is C23H47N2O4PS. The van der Waals surface area contributed by atoms with E-state index in [-0.39, 0.29) is 24.2 Å². The molecule has 1 heterocycles. The average Bonchev–Trinajstić information content (AvgIpc) is 2.63. The fraction of sp³-hybridized carbons (Fsp3) is 0.957. The number of ether oxygens (including phenoxy) is 1. The van der Waals surface area contributed by atoms with Crippen molar-refractivity contribution in [2.45, 2.75) is 79.5 Å². The van der Waals surface area contributed by atoms with Gasteiger partial charge in [-0.3, -0.25) is 9.36 Å². The molecule has 1 aliphatic rings. The second-order valence-electron chi connectivity index (χ2n) is 10.7. The van der Waals surface area contributed by atoms with Crippen LogP contribution < -0.4 is 0 Å². The Balaban J connectivity index is 2.54. The van der Waals surface area contributed by atoms with Gasteiger partial charge in [-0.15, -0.1) is 0 Å². The van der Waals surface area contributed by atoms with Crippen molar-refractivity contribution in [1.29, 1.82) is 0 Å². The lowest BCUT2D eigenvalue weighted by Crippen LogP contribution is -2.45. The van der Waals surface area contributed by atoms with Crippen LogP contribution in [-0.2, 0) is 18.6 Å². The van der Waals surface area contributed by atoms with Crippen molar-refractivity contribution in [2.24, 2.45) is 11.3 Å². The van der Waals surface area contributed by atoms with E-state index in [4.69, 9.17) is 9.26 Å². The number of hydrogen-bond donors (Lipinski definition) is 0. The first-order chi connectivity index (χ1) is 14.2. The van der Waals surface area contributed by atoms with E-state index in [1.54, 1.807) is 0 Å². The van der Waals surface area contributed by atoms with E-state index in [0.29, 0.717) is 5.75 Å². The molecule has 0 bridgehead atoms. The molecule has 0 spiro atoms. The molecule has 0 amide bonds. The van der Waals surface area contributed by atoms with E-state index < -0.39 is 17.6 Å². The molecule has 6 nitrogen and oxygen atoms in total. The number of esters is 1.